The van der Waals surface area contributed by atoms with Gasteiger partial charge in [-0.25, -0.2) is 13.6 Å². The summed E-state index contributed by atoms with van der Waals surface area (Å²) in [5.41, 5.74) is 0.00244. The fourth-order valence-electron chi connectivity index (χ4n) is 1.38. The van der Waals surface area contributed by atoms with E-state index in [4.69, 9.17) is 21.4 Å². The van der Waals surface area contributed by atoms with E-state index >= 15 is 0 Å². The number of ether oxygens (including phenoxy) is 1. The highest BCUT2D eigenvalue weighted by atomic mass is 35.5. The third-order valence-electron chi connectivity index (χ3n) is 2.30. The summed E-state index contributed by atoms with van der Waals surface area (Å²) < 4.78 is 31.0. The second kappa shape index (κ2) is 5.24. The van der Waals surface area contributed by atoms with E-state index in [9.17, 15) is 13.6 Å². The summed E-state index contributed by atoms with van der Waals surface area (Å²) in [6, 6.07) is 6.87. The first-order valence-electron chi connectivity index (χ1n) is 5.13. The first-order valence-corrected chi connectivity index (χ1v) is 5.51. The molecule has 0 fully saturated rings. The minimum absolute atomic E-state index is 0.00244. The van der Waals surface area contributed by atoms with Gasteiger partial charge in [-0.15, -0.1) is 0 Å². The second-order valence-electron chi connectivity index (χ2n) is 3.63. The molecule has 6 heteroatoms. The lowest BCUT2D eigenvalue weighted by molar-refractivity contribution is 0.0697. The molecular weight excluding hydrogens is 278 g/mol. The number of rotatable bonds is 3. The molecule has 0 unspecified atom stereocenters. The predicted octanol–water partition coefficient (Wildman–Crippen LogP) is 4.11. The van der Waals surface area contributed by atoms with Gasteiger partial charge in [-0.05, 0) is 30.3 Å². The predicted molar refractivity (Wildman–Crippen MR) is 64.8 cm³/mol. The van der Waals surface area contributed by atoms with E-state index in [0.717, 1.165) is 12.1 Å². The van der Waals surface area contributed by atoms with Crippen LogP contribution in [-0.4, -0.2) is 11.1 Å². The number of carboxylic acid groups (broad SMARTS) is 1. The van der Waals surface area contributed by atoms with Crippen molar-refractivity contribution in [2.45, 2.75) is 0 Å². The van der Waals surface area contributed by atoms with Crippen LogP contribution in [-0.2, 0) is 0 Å². The highest BCUT2D eigenvalue weighted by Gasteiger charge is 2.10. The molecule has 0 heterocycles. The highest BCUT2D eigenvalue weighted by Crippen LogP contribution is 2.30. The van der Waals surface area contributed by atoms with E-state index in [0.29, 0.717) is 0 Å². The van der Waals surface area contributed by atoms with Crippen LogP contribution >= 0.6 is 11.6 Å². The molecule has 0 radical (unpaired) electrons. The van der Waals surface area contributed by atoms with Crippen molar-refractivity contribution in [1.82, 2.24) is 0 Å². The monoisotopic (exact) mass is 284 g/mol. The Hall–Kier alpha value is -2.14. The Morgan fingerprint density at radius 1 is 1.11 bits per heavy atom. The summed E-state index contributed by atoms with van der Waals surface area (Å²) in [6.45, 7) is 0. The lowest BCUT2D eigenvalue weighted by Gasteiger charge is -2.08. The fourth-order valence-corrected chi connectivity index (χ4v) is 1.60. The lowest BCUT2D eigenvalue weighted by Crippen LogP contribution is -1.96. The van der Waals surface area contributed by atoms with Crippen LogP contribution in [0.3, 0.4) is 0 Å². The van der Waals surface area contributed by atoms with Gasteiger partial charge in [-0.2, -0.15) is 0 Å². The van der Waals surface area contributed by atoms with Gasteiger partial charge < -0.3 is 9.84 Å². The van der Waals surface area contributed by atoms with Crippen LogP contribution in [0.15, 0.2) is 36.4 Å². The van der Waals surface area contributed by atoms with Gasteiger partial charge in [0.15, 0.2) is 11.6 Å². The van der Waals surface area contributed by atoms with E-state index in [-0.39, 0.29) is 22.1 Å². The van der Waals surface area contributed by atoms with Crippen molar-refractivity contribution in [3.63, 3.8) is 0 Å². The third kappa shape index (κ3) is 3.00. The van der Waals surface area contributed by atoms with E-state index in [1.54, 1.807) is 0 Å². The lowest BCUT2D eigenvalue weighted by atomic mass is 10.2. The van der Waals surface area contributed by atoms with Crippen molar-refractivity contribution in [3.05, 3.63) is 58.6 Å². The topological polar surface area (TPSA) is 46.5 Å². The molecule has 2 aromatic carbocycles. The standard InChI is InChI=1S/C13H7ClF2O3/c14-9-5-7(13(17)18)1-4-12(9)19-8-2-3-10(15)11(16)6-8/h1-6H,(H,17,18). The van der Waals surface area contributed by atoms with Crippen LogP contribution in [0, 0.1) is 11.6 Å². The summed E-state index contributed by atoms with van der Waals surface area (Å²) in [5.74, 6) is -2.95. The Morgan fingerprint density at radius 2 is 1.84 bits per heavy atom. The van der Waals surface area contributed by atoms with Gasteiger partial charge in [0.05, 0.1) is 10.6 Å². The summed E-state index contributed by atoms with van der Waals surface area (Å²) in [7, 11) is 0. The fraction of sp³-hybridized carbons (Fsp3) is 0. The molecule has 0 spiro atoms. The largest absolute Gasteiger partial charge is 0.478 e. The van der Waals surface area contributed by atoms with Crippen LogP contribution in [0.2, 0.25) is 5.02 Å². The number of hydrogen-bond acceptors (Lipinski definition) is 2. The van der Waals surface area contributed by atoms with Crippen LogP contribution in [0.4, 0.5) is 8.78 Å². The van der Waals surface area contributed by atoms with Gasteiger partial charge in [0.1, 0.15) is 11.5 Å². The number of carbonyl (C=O) groups is 1. The highest BCUT2D eigenvalue weighted by molar-refractivity contribution is 6.32. The Bertz CT molecular complexity index is 644. The molecule has 3 nitrogen and oxygen atoms in total. The van der Waals surface area contributed by atoms with E-state index in [1.165, 1.54) is 24.3 Å². The zero-order valence-corrected chi connectivity index (χ0v) is 10.1. The molecule has 0 aromatic heterocycles. The number of hydrogen-bond donors (Lipinski definition) is 1. The maximum absolute atomic E-state index is 13.0. The smallest absolute Gasteiger partial charge is 0.335 e. The van der Waals surface area contributed by atoms with Crippen molar-refractivity contribution in [3.8, 4) is 11.5 Å². The quantitative estimate of drug-likeness (QED) is 0.922. The Kier molecular flexibility index (Phi) is 3.66. The SMILES string of the molecule is O=C(O)c1ccc(Oc2ccc(F)c(F)c2)c(Cl)c1. The molecule has 2 rings (SSSR count). The van der Waals surface area contributed by atoms with E-state index in [1.807, 2.05) is 0 Å². The molecule has 0 saturated carbocycles. The zero-order chi connectivity index (χ0) is 14.0. The molecule has 0 bridgehead atoms. The maximum Gasteiger partial charge on any atom is 0.335 e. The average Bonchev–Trinajstić information content (AvgIpc) is 2.36. The van der Waals surface area contributed by atoms with Crippen molar-refractivity contribution < 1.29 is 23.4 Å². The first-order chi connectivity index (χ1) is 8.97. The Labute approximate surface area is 112 Å². The summed E-state index contributed by atoms with van der Waals surface area (Å²) >= 11 is 5.84. The van der Waals surface area contributed by atoms with Crippen molar-refractivity contribution in [1.29, 1.82) is 0 Å². The molecule has 2 aromatic rings. The molecule has 0 atom stereocenters. The van der Waals surface area contributed by atoms with E-state index < -0.39 is 17.6 Å². The minimum Gasteiger partial charge on any atom is -0.478 e. The minimum atomic E-state index is -1.12. The second-order valence-corrected chi connectivity index (χ2v) is 4.04. The number of carboxylic acids is 1. The summed E-state index contributed by atoms with van der Waals surface area (Å²) in [6.07, 6.45) is 0. The first kappa shape index (κ1) is 13.3. The molecule has 0 saturated heterocycles. The van der Waals surface area contributed by atoms with Crippen molar-refractivity contribution in [2.75, 3.05) is 0 Å². The van der Waals surface area contributed by atoms with Gasteiger partial charge in [0, 0.05) is 6.07 Å². The van der Waals surface area contributed by atoms with Gasteiger partial charge in [-0.1, -0.05) is 11.6 Å². The molecule has 98 valence electrons. The molecule has 1 N–H and O–H groups in total. The van der Waals surface area contributed by atoms with Gasteiger partial charge in [0.25, 0.3) is 0 Å². The number of aromatic carboxylic acids is 1. The van der Waals surface area contributed by atoms with Crippen LogP contribution in [0.25, 0.3) is 0 Å². The van der Waals surface area contributed by atoms with Crippen molar-refractivity contribution in [2.24, 2.45) is 0 Å². The van der Waals surface area contributed by atoms with Crippen molar-refractivity contribution >= 4 is 17.6 Å². The molecule has 0 amide bonds. The normalized spacial score (nSPS) is 10.3. The Balaban J connectivity index is 2.28. The average molecular weight is 285 g/mol. The molecule has 19 heavy (non-hydrogen) atoms. The summed E-state index contributed by atoms with van der Waals surface area (Å²) in [4.78, 5) is 10.7. The van der Waals surface area contributed by atoms with Crippen LogP contribution in [0.1, 0.15) is 10.4 Å². The summed E-state index contributed by atoms with van der Waals surface area (Å²) in [5, 5.41) is 8.83. The third-order valence-corrected chi connectivity index (χ3v) is 2.59. The van der Waals surface area contributed by atoms with Gasteiger partial charge in [-0.3, -0.25) is 0 Å². The van der Waals surface area contributed by atoms with Gasteiger partial charge >= 0.3 is 5.97 Å². The van der Waals surface area contributed by atoms with Crippen LogP contribution in [0.5, 0.6) is 11.5 Å². The molecule has 0 aliphatic rings. The Morgan fingerprint density at radius 3 is 2.42 bits per heavy atom. The zero-order valence-electron chi connectivity index (χ0n) is 9.36. The molecular formula is C13H7ClF2O3. The maximum atomic E-state index is 13.0. The van der Waals surface area contributed by atoms with Gasteiger partial charge in [0.2, 0.25) is 0 Å². The number of benzene rings is 2. The number of halogens is 3. The molecule has 0 aliphatic heterocycles. The molecule has 0 aliphatic carbocycles. The van der Waals surface area contributed by atoms with Crippen LogP contribution < -0.4 is 4.74 Å². The van der Waals surface area contributed by atoms with E-state index in [2.05, 4.69) is 0 Å².